The molecule has 2 rings (SSSR count). The Labute approximate surface area is 116 Å². The maximum atomic E-state index is 11.5. The molecule has 0 unspecified atom stereocenters. The van der Waals surface area contributed by atoms with Crippen LogP contribution in [0.5, 0.6) is 0 Å². The normalized spacial score (nSPS) is 16.6. The highest BCUT2D eigenvalue weighted by Crippen LogP contribution is 2.30. The molecule has 0 amide bonds. The number of carbonyl (C=O) groups excluding carboxylic acids is 1. The van der Waals surface area contributed by atoms with Gasteiger partial charge in [-0.05, 0) is 18.8 Å². The summed E-state index contributed by atoms with van der Waals surface area (Å²) in [5, 5.41) is 9.74. The Morgan fingerprint density at radius 3 is 2.47 bits per heavy atom. The third kappa shape index (κ3) is 2.94. The highest BCUT2D eigenvalue weighted by molar-refractivity contribution is 7.17. The molecule has 1 fully saturated rings. The number of carboxylic acids is 1. The molecule has 0 atom stereocenters. The molecular formula is C13H18N2O3S. The van der Waals surface area contributed by atoms with E-state index in [2.05, 4.69) is 16.8 Å². The molecule has 0 spiro atoms. The van der Waals surface area contributed by atoms with Crippen molar-refractivity contribution in [1.82, 2.24) is 4.98 Å². The van der Waals surface area contributed by atoms with E-state index in [1.165, 1.54) is 24.7 Å². The summed E-state index contributed by atoms with van der Waals surface area (Å²) in [5.74, 6) is -0.608. The number of hydrogen-bond donors (Lipinski definition) is 1. The summed E-state index contributed by atoms with van der Waals surface area (Å²) in [6, 6.07) is 0. The van der Waals surface area contributed by atoms with Crippen LogP contribution in [0.25, 0.3) is 0 Å². The van der Waals surface area contributed by atoms with Crippen molar-refractivity contribution in [2.24, 2.45) is 5.92 Å². The second-order valence-corrected chi connectivity index (χ2v) is 5.85. The quantitative estimate of drug-likeness (QED) is 0.860. The van der Waals surface area contributed by atoms with Crippen molar-refractivity contribution in [1.29, 1.82) is 0 Å². The molecule has 0 aromatic carbocycles. The maximum Gasteiger partial charge on any atom is 0.356 e. The number of carboxylic acid groups (broad SMARTS) is 1. The molecule has 6 heteroatoms. The number of hydrogen-bond acceptors (Lipinski definition) is 5. The topological polar surface area (TPSA) is 70.5 Å². The SMILES string of the molecule is CCC1CCN(c2nc(C(=O)O)c(C(C)=O)s2)CC1. The van der Waals surface area contributed by atoms with Crippen LogP contribution >= 0.6 is 11.3 Å². The maximum absolute atomic E-state index is 11.5. The summed E-state index contributed by atoms with van der Waals surface area (Å²) in [5.41, 5.74) is -0.106. The van der Waals surface area contributed by atoms with Gasteiger partial charge in [-0.15, -0.1) is 0 Å². The molecule has 1 saturated heterocycles. The average Bonchev–Trinajstić information content (AvgIpc) is 2.84. The number of Topliss-reactive ketones (excluding diaryl/α,β-unsaturated/α-hetero) is 1. The number of aromatic nitrogens is 1. The number of nitrogens with zero attached hydrogens (tertiary/aromatic N) is 2. The van der Waals surface area contributed by atoms with Crippen molar-refractivity contribution in [2.75, 3.05) is 18.0 Å². The lowest BCUT2D eigenvalue weighted by atomic mass is 9.95. The van der Waals surface area contributed by atoms with Crippen molar-refractivity contribution in [3.8, 4) is 0 Å². The Balaban J connectivity index is 2.20. The highest BCUT2D eigenvalue weighted by Gasteiger charge is 2.25. The second kappa shape index (κ2) is 5.69. The fourth-order valence-corrected chi connectivity index (χ4v) is 3.36. The number of aromatic carboxylic acids is 1. The summed E-state index contributed by atoms with van der Waals surface area (Å²) in [4.78, 5) is 29.0. The fourth-order valence-electron chi connectivity index (χ4n) is 2.36. The molecule has 1 N–H and O–H groups in total. The molecule has 0 aliphatic carbocycles. The lowest BCUT2D eigenvalue weighted by Gasteiger charge is -2.31. The van der Waals surface area contributed by atoms with Crippen molar-refractivity contribution < 1.29 is 14.7 Å². The molecule has 1 aliphatic rings. The number of rotatable bonds is 4. The second-order valence-electron chi connectivity index (χ2n) is 4.87. The van der Waals surface area contributed by atoms with Crippen LogP contribution in [0.3, 0.4) is 0 Å². The van der Waals surface area contributed by atoms with Gasteiger partial charge in [0, 0.05) is 20.0 Å². The Morgan fingerprint density at radius 1 is 1.42 bits per heavy atom. The van der Waals surface area contributed by atoms with Gasteiger partial charge in [0.15, 0.2) is 16.6 Å². The summed E-state index contributed by atoms with van der Waals surface area (Å²) < 4.78 is 0. The van der Waals surface area contributed by atoms with Crippen molar-refractivity contribution in [3.05, 3.63) is 10.6 Å². The van der Waals surface area contributed by atoms with E-state index in [0.717, 1.165) is 31.8 Å². The minimum absolute atomic E-state index is 0.106. The first kappa shape index (κ1) is 14.0. The van der Waals surface area contributed by atoms with E-state index in [1.54, 1.807) is 0 Å². The van der Waals surface area contributed by atoms with Gasteiger partial charge in [0.2, 0.25) is 0 Å². The van der Waals surface area contributed by atoms with Gasteiger partial charge >= 0.3 is 5.97 Å². The van der Waals surface area contributed by atoms with Crippen molar-refractivity contribution >= 4 is 28.2 Å². The van der Waals surface area contributed by atoms with Gasteiger partial charge in [0.05, 0.1) is 0 Å². The summed E-state index contributed by atoms with van der Waals surface area (Å²) in [6.07, 6.45) is 3.40. The highest BCUT2D eigenvalue weighted by atomic mass is 32.1. The minimum atomic E-state index is -1.13. The van der Waals surface area contributed by atoms with Crippen LogP contribution in [0, 0.1) is 5.92 Å². The molecule has 104 valence electrons. The van der Waals surface area contributed by atoms with Crippen LogP contribution < -0.4 is 4.90 Å². The summed E-state index contributed by atoms with van der Waals surface area (Å²) in [6.45, 7) is 5.36. The molecule has 0 bridgehead atoms. The number of piperidine rings is 1. The molecule has 0 saturated carbocycles. The van der Waals surface area contributed by atoms with Gasteiger partial charge in [-0.3, -0.25) is 4.79 Å². The molecule has 5 nitrogen and oxygen atoms in total. The van der Waals surface area contributed by atoms with Crippen molar-refractivity contribution in [3.63, 3.8) is 0 Å². The summed E-state index contributed by atoms with van der Waals surface area (Å²) >= 11 is 1.20. The van der Waals surface area contributed by atoms with E-state index in [0.29, 0.717) is 5.13 Å². The Morgan fingerprint density at radius 2 is 2.05 bits per heavy atom. The fraction of sp³-hybridized carbons (Fsp3) is 0.615. The largest absolute Gasteiger partial charge is 0.476 e. The molecular weight excluding hydrogens is 264 g/mol. The Bertz CT molecular complexity index is 459. The lowest BCUT2D eigenvalue weighted by Crippen LogP contribution is -2.33. The van der Waals surface area contributed by atoms with Gasteiger partial charge < -0.3 is 10.0 Å². The van der Waals surface area contributed by atoms with E-state index < -0.39 is 5.97 Å². The Hall–Kier alpha value is -1.43. The molecule has 0 radical (unpaired) electrons. The standard InChI is InChI=1S/C13H18N2O3S/c1-3-9-4-6-15(7-5-9)13-14-10(12(17)18)11(19-13)8(2)16/h9H,3-7H2,1-2H3,(H,17,18). The first-order valence-electron chi connectivity index (χ1n) is 6.53. The van der Waals surface area contributed by atoms with Crippen LogP contribution in [-0.4, -0.2) is 34.9 Å². The zero-order valence-corrected chi connectivity index (χ0v) is 12.0. The predicted molar refractivity (Wildman–Crippen MR) is 74.3 cm³/mol. The monoisotopic (exact) mass is 282 g/mol. The molecule has 19 heavy (non-hydrogen) atoms. The van der Waals surface area contributed by atoms with Gasteiger partial charge in [-0.2, -0.15) is 0 Å². The first-order valence-corrected chi connectivity index (χ1v) is 7.34. The first-order chi connectivity index (χ1) is 9.02. The summed E-state index contributed by atoms with van der Waals surface area (Å²) in [7, 11) is 0. The third-order valence-electron chi connectivity index (χ3n) is 3.60. The zero-order valence-electron chi connectivity index (χ0n) is 11.2. The zero-order chi connectivity index (χ0) is 14.0. The number of anilines is 1. The Kier molecular flexibility index (Phi) is 4.19. The average molecular weight is 282 g/mol. The van der Waals surface area contributed by atoms with E-state index >= 15 is 0 Å². The number of ketones is 1. The minimum Gasteiger partial charge on any atom is -0.476 e. The predicted octanol–water partition coefficient (Wildman–Crippen LogP) is 2.67. The van der Waals surface area contributed by atoms with Gasteiger partial charge in [0.1, 0.15) is 4.88 Å². The van der Waals surface area contributed by atoms with Gasteiger partial charge in [-0.1, -0.05) is 24.7 Å². The van der Waals surface area contributed by atoms with Crippen LogP contribution in [-0.2, 0) is 0 Å². The van der Waals surface area contributed by atoms with Crippen LogP contribution in [0.4, 0.5) is 5.13 Å². The number of carbonyl (C=O) groups is 2. The molecule has 1 aliphatic heterocycles. The van der Waals surface area contributed by atoms with E-state index in [4.69, 9.17) is 5.11 Å². The van der Waals surface area contributed by atoms with E-state index in [1.807, 2.05) is 0 Å². The molecule has 1 aromatic heterocycles. The van der Waals surface area contributed by atoms with Crippen molar-refractivity contribution in [2.45, 2.75) is 33.1 Å². The molecule has 1 aromatic rings. The van der Waals surface area contributed by atoms with Gasteiger partial charge in [-0.25, -0.2) is 9.78 Å². The van der Waals surface area contributed by atoms with Crippen LogP contribution in [0.1, 0.15) is 53.3 Å². The smallest absolute Gasteiger partial charge is 0.356 e. The number of thiazole rings is 1. The van der Waals surface area contributed by atoms with Crippen LogP contribution in [0.2, 0.25) is 0 Å². The molecule has 2 heterocycles. The van der Waals surface area contributed by atoms with Gasteiger partial charge in [0.25, 0.3) is 0 Å². The lowest BCUT2D eigenvalue weighted by molar-refractivity contribution is 0.0687. The van der Waals surface area contributed by atoms with E-state index in [9.17, 15) is 9.59 Å². The van der Waals surface area contributed by atoms with E-state index in [-0.39, 0.29) is 16.4 Å². The van der Waals surface area contributed by atoms with Crippen LogP contribution in [0.15, 0.2) is 0 Å². The third-order valence-corrected chi connectivity index (χ3v) is 4.82.